The number of esters is 2. The summed E-state index contributed by atoms with van der Waals surface area (Å²) in [6.07, 6.45) is 0.250. The number of methoxy groups -OCH3 is 1. The third-order valence-electron chi connectivity index (χ3n) is 3.59. The van der Waals surface area contributed by atoms with Crippen molar-refractivity contribution < 1.29 is 23.9 Å². The highest BCUT2D eigenvalue weighted by Gasteiger charge is 2.22. The lowest BCUT2D eigenvalue weighted by atomic mass is 10.1. The molecule has 0 aromatic heterocycles. The van der Waals surface area contributed by atoms with Gasteiger partial charge in [-0.05, 0) is 23.8 Å². The van der Waals surface area contributed by atoms with E-state index < -0.39 is 30.5 Å². The molecule has 2 aromatic rings. The van der Waals surface area contributed by atoms with Crippen LogP contribution in [0.3, 0.4) is 0 Å². The first-order chi connectivity index (χ1) is 12.9. The molecule has 0 saturated carbocycles. The number of carbonyl (C=O) groups is 3. The second-order valence-electron chi connectivity index (χ2n) is 5.54. The molecule has 0 saturated heterocycles. The zero-order chi connectivity index (χ0) is 19.8. The van der Waals surface area contributed by atoms with E-state index in [2.05, 4.69) is 5.32 Å². The van der Waals surface area contributed by atoms with Crippen LogP contribution in [0.1, 0.15) is 15.9 Å². The summed E-state index contributed by atoms with van der Waals surface area (Å²) in [7, 11) is 1.23. The van der Waals surface area contributed by atoms with Crippen LogP contribution in [0.15, 0.2) is 48.5 Å². The van der Waals surface area contributed by atoms with Crippen molar-refractivity contribution in [1.29, 1.82) is 0 Å². The monoisotopic (exact) mass is 409 g/mol. The zero-order valence-electron chi connectivity index (χ0n) is 14.4. The first kappa shape index (κ1) is 20.7. The second kappa shape index (κ2) is 9.94. The smallest absolute Gasteiger partial charge is 0.338 e. The van der Waals surface area contributed by atoms with Gasteiger partial charge in [0.05, 0.1) is 22.7 Å². The van der Waals surface area contributed by atoms with Gasteiger partial charge < -0.3 is 14.8 Å². The van der Waals surface area contributed by atoms with E-state index in [1.807, 2.05) is 30.3 Å². The Kier molecular flexibility index (Phi) is 7.64. The molecule has 0 fully saturated rings. The number of nitrogens with one attached hydrogen (secondary N) is 1. The van der Waals surface area contributed by atoms with Gasteiger partial charge in [-0.1, -0.05) is 53.5 Å². The summed E-state index contributed by atoms with van der Waals surface area (Å²) < 4.78 is 9.66. The normalized spacial score (nSPS) is 11.4. The highest BCUT2D eigenvalue weighted by Crippen LogP contribution is 2.22. The number of hydrogen-bond acceptors (Lipinski definition) is 5. The van der Waals surface area contributed by atoms with Crippen molar-refractivity contribution in [3.8, 4) is 0 Å². The largest absolute Gasteiger partial charge is 0.467 e. The molecule has 6 nitrogen and oxygen atoms in total. The molecule has 0 heterocycles. The van der Waals surface area contributed by atoms with Crippen molar-refractivity contribution >= 4 is 41.0 Å². The van der Waals surface area contributed by atoms with Crippen LogP contribution in [0.5, 0.6) is 0 Å². The highest BCUT2D eigenvalue weighted by molar-refractivity contribution is 6.42. The minimum atomic E-state index is -0.895. The molecule has 0 spiro atoms. The minimum Gasteiger partial charge on any atom is -0.467 e. The average molecular weight is 410 g/mol. The van der Waals surface area contributed by atoms with Gasteiger partial charge in [0.2, 0.25) is 0 Å². The summed E-state index contributed by atoms with van der Waals surface area (Å²) in [5, 5.41) is 3.00. The SMILES string of the molecule is COC(=O)[C@H](Cc1ccccc1)NC(=O)COC(=O)c1ccc(Cl)c(Cl)c1. The van der Waals surface area contributed by atoms with Crippen LogP contribution >= 0.6 is 23.2 Å². The molecule has 142 valence electrons. The standard InChI is InChI=1S/C19H17Cl2NO5/c1-26-19(25)16(9-12-5-3-2-4-6-12)22-17(23)11-27-18(24)13-7-8-14(20)15(21)10-13/h2-8,10,16H,9,11H2,1H3,(H,22,23)/t16-/m0/s1. The third-order valence-corrected chi connectivity index (χ3v) is 4.33. The van der Waals surface area contributed by atoms with Gasteiger partial charge in [0, 0.05) is 6.42 Å². The predicted molar refractivity (Wildman–Crippen MR) is 101 cm³/mol. The van der Waals surface area contributed by atoms with Gasteiger partial charge in [-0.25, -0.2) is 9.59 Å². The Labute approximate surface area is 166 Å². The lowest BCUT2D eigenvalue weighted by Gasteiger charge is -2.16. The van der Waals surface area contributed by atoms with Gasteiger partial charge in [-0.3, -0.25) is 4.79 Å². The van der Waals surface area contributed by atoms with Crippen LogP contribution in [0.4, 0.5) is 0 Å². The molecule has 2 rings (SSSR count). The maximum absolute atomic E-state index is 12.1. The number of amides is 1. The molecule has 0 unspecified atom stereocenters. The van der Waals surface area contributed by atoms with Crippen molar-refractivity contribution in [1.82, 2.24) is 5.32 Å². The van der Waals surface area contributed by atoms with Crippen LogP contribution in [-0.4, -0.2) is 37.6 Å². The van der Waals surface area contributed by atoms with E-state index in [0.29, 0.717) is 5.02 Å². The van der Waals surface area contributed by atoms with Crippen LogP contribution in [0, 0.1) is 0 Å². The van der Waals surface area contributed by atoms with Crippen molar-refractivity contribution in [2.24, 2.45) is 0 Å². The van der Waals surface area contributed by atoms with Gasteiger partial charge in [-0.2, -0.15) is 0 Å². The van der Waals surface area contributed by atoms with E-state index in [4.69, 9.17) is 32.7 Å². The predicted octanol–water partition coefficient (Wildman–Crippen LogP) is 3.05. The summed E-state index contributed by atoms with van der Waals surface area (Å²) in [4.78, 5) is 36.0. The summed E-state index contributed by atoms with van der Waals surface area (Å²) in [5.41, 5.74) is 1.01. The van der Waals surface area contributed by atoms with E-state index in [0.717, 1.165) is 5.56 Å². The van der Waals surface area contributed by atoms with E-state index in [1.54, 1.807) is 0 Å². The summed E-state index contributed by atoms with van der Waals surface area (Å²) in [6, 6.07) is 12.5. The van der Waals surface area contributed by atoms with E-state index >= 15 is 0 Å². The van der Waals surface area contributed by atoms with Crippen molar-refractivity contribution in [3.05, 3.63) is 69.7 Å². The topological polar surface area (TPSA) is 81.7 Å². The van der Waals surface area contributed by atoms with Gasteiger partial charge in [0.1, 0.15) is 6.04 Å². The van der Waals surface area contributed by atoms with Crippen molar-refractivity contribution in [2.75, 3.05) is 13.7 Å². The molecule has 0 bridgehead atoms. The molecule has 27 heavy (non-hydrogen) atoms. The zero-order valence-corrected chi connectivity index (χ0v) is 15.9. The van der Waals surface area contributed by atoms with Crippen molar-refractivity contribution in [3.63, 3.8) is 0 Å². The van der Waals surface area contributed by atoms with Crippen LogP contribution in [0.25, 0.3) is 0 Å². The molecule has 1 atom stereocenters. The van der Waals surface area contributed by atoms with Crippen LogP contribution in [-0.2, 0) is 25.5 Å². The fourth-order valence-corrected chi connectivity index (χ4v) is 2.56. The Hall–Kier alpha value is -2.57. The number of hydrogen-bond donors (Lipinski definition) is 1. The Balaban J connectivity index is 1.93. The molecule has 2 aromatic carbocycles. The maximum Gasteiger partial charge on any atom is 0.338 e. The third kappa shape index (κ3) is 6.27. The second-order valence-corrected chi connectivity index (χ2v) is 6.35. The number of ether oxygens (including phenoxy) is 2. The minimum absolute atomic E-state index is 0.158. The molecule has 0 aliphatic carbocycles. The molecular weight excluding hydrogens is 393 g/mol. The van der Waals surface area contributed by atoms with E-state index in [9.17, 15) is 14.4 Å². The first-order valence-electron chi connectivity index (χ1n) is 7.94. The molecule has 0 aliphatic rings. The Morgan fingerprint density at radius 1 is 1.04 bits per heavy atom. The van der Waals surface area contributed by atoms with E-state index in [-0.39, 0.29) is 17.0 Å². The number of rotatable bonds is 7. The Morgan fingerprint density at radius 2 is 1.74 bits per heavy atom. The van der Waals surface area contributed by atoms with Gasteiger partial charge in [0.15, 0.2) is 6.61 Å². The number of carbonyl (C=O) groups excluding carboxylic acids is 3. The Bertz CT molecular complexity index is 826. The van der Waals surface area contributed by atoms with Gasteiger partial charge in [0.25, 0.3) is 5.91 Å². The number of halogens is 2. The molecule has 1 N–H and O–H groups in total. The maximum atomic E-state index is 12.1. The molecule has 8 heteroatoms. The molecular formula is C19H17Cl2NO5. The molecule has 1 amide bonds. The van der Waals surface area contributed by atoms with E-state index in [1.165, 1.54) is 25.3 Å². The van der Waals surface area contributed by atoms with Crippen molar-refractivity contribution in [2.45, 2.75) is 12.5 Å². The molecule has 0 aliphatic heterocycles. The molecule has 0 radical (unpaired) electrons. The summed E-state index contributed by atoms with van der Waals surface area (Å²) in [6.45, 7) is -0.554. The lowest BCUT2D eigenvalue weighted by Crippen LogP contribution is -2.44. The quantitative estimate of drug-likeness (QED) is 0.710. The average Bonchev–Trinajstić information content (AvgIpc) is 2.67. The fraction of sp³-hybridized carbons (Fsp3) is 0.211. The van der Waals surface area contributed by atoms with Crippen LogP contribution in [0.2, 0.25) is 10.0 Å². The Morgan fingerprint density at radius 3 is 2.37 bits per heavy atom. The fourth-order valence-electron chi connectivity index (χ4n) is 2.26. The van der Waals surface area contributed by atoms with Gasteiger partial charge >= 0.3 is 11.9 Å². The van der Waals surface area contributed by atoms with Crippen LogP contribution < -0.4 is 5.32 Å². The highest BCUT2D eigenvalue weighted by atomic mass is 35.5. The summed E-state index contributed by atoms with van der Waals surface area (Å²) in [5.74, 6) is -1.96. The number of benzene rings is 2. The first-order valence-corrected chi connectivity index (χ1v) is 8.69. The van der Waals surface area contributed by atoms with Gasteiger partial charge in [-0.15, -0.1) is 0 Å². The lowest BCUT2D eigenvalue weighted by molar-refractivity contribution is -0.145. The summed E-state index contributed by atoms with van der Waals surface area (Å²) >= 11 is 11.6.